The van der Waals surface area contributed by atoms with E-state index in [1.165, 1.54) is 7.11 Å². The number of ether oxygens (including phenoxy) is 1. The zero-order valence-electron chi connectivity index (χ0n) is 10.8. The SMILES string of the molecule is C=CC(=O)OC.CCOP(=O)(OCC)OCC. The third kappa shape index (κ3) is 11.6. The molecule has 102 valence electrons. The molecule has 0 spiro atoms. The molecule has 7 heteroatoms. The normalized spacial score (nSPS) is 10.1. The van der Waals surface area contributed by atoms with Gasteiger partial charge in [0.05, 0.1) is 26.9 Å². The number of rotatable bonds is 7. The van der Waals surface area contributed by atoms with Crippen molar-refractivity contribution in [2.75, 3.05) is 26.9 Å². The van der Waals surface area contributed by atoms with Crippen LogP contribution in [0.3, 0.4) is 0 Å². The second-order valence-corrected chi connectivity index (χ2v) is 4.10. The molecule has 0 aromatic rings. The molecule has 0 aliphatic carbocycles. The van der Waals surface area contributed by atoms with Gasteiger partial charge in [-0.25, -0.2) is 9.36 Å². The lowest BCUT2D eigenvalue weighted by atomic mass is 10.7. The van der Waals surface area contributed by atoms with E-state index in [0.717, 1.165) is 6.08 Å². The number of hydrogen-bond donors (Lipinski definition) is 0. The molecule has 0 radical (unpaired) electrons. The number of carbonyl (C=O) groups excluding carboxylic acids is 1. The van der Waals surface area contributed by atoms with Crippen LogP contribution in [-0.2, 0) is 27.7 Å². The van der Waals surface area contributed by atoms with Crippen molar-refractivity contribution >= 4 is 13.8 Å². The molecule has 0 aliphatic heterocycles. The van der Waals surface area contributed by atoms with Crippen LogP contribution >= 0.6 is 7.82 Å². The highest BCUT2D eigenvalue weighted by Gasteiger charge is 2.23. The minimum Gasteiger partial charge on any atom is -0.466 e. The Bertz CT molecular complexity index is 229. The van der Waals surface area contributed by atoms with Gasteiger partial charge in [-0.3, -0.25) is 13.6 Å². The van der Waals surface area contributed by atoms with Gasteiger partial charge in [-0.2, -0.15) is 0 Å². The van der Waals surface area contributed by atoms with Gasteiger partial charge in [-0.15, -0.1) is 0 Å². The van der Waals surface area contributed by atoms with Crippen molar-refractivity contribution in [3.63, 3.8) is 0 Å². The van der Waals surface area contributed by atoms with Crippen LogP contribution in [0, 0.1) is 0 Å². The molecule has 0 atom stereocenters. The van der Waals surface area contributed by atoms with E-state index in [9.17, 15) is 9.36 Å². The van der Waals surface area contributed by atoms with Crippen molar-refractivity contribution in [2.24, 2.45) is 0 Å². The van der Waals surface area contributed by atoms with Crippen molar-refractivity contribution in [3.8, 4) is 0 Å². The molecule has 0 unspecified atom stereocenters. The van der Waals surface area contributed by atoms with Gasteiger partial charge < -0.3 is 4.74 Å². The van der Waals surface area contributed by atoms with Gasteiger partial charge in [0.25, 0.3) is 0 Å². The fourth-order valence-corrected chi connectivity index (χ4v) is 1.84. The van der Waals surface area contributed by atoms with E-state index in [0.29, 0.717) is 19.8 Å². The van der Waals surface area contributed by atoms with Crippen LogP contribution in [0.2, 0.25) is 0 Å². The monoisotopic (exact) mass is 268 g/mol. The van der Waals surface area contributed by atoms with Gasteiger partial charge in [0.2, 0.25) is 0 Å². The summed E-state index contributed by atoms with van der Waals surface area (Å²) in [5, 5.41) is 0. The maximum absolute atomic E-state index is 11.3. The highest BCUT2D eigenvalue weighted by molar-refractivity contribution is 7.48. The number of carbonyl (C=O) groups is 1. The van der Waals surface area contributed by atoms with Crippen LogP contribution in [0.5, 0.6) is 0 Å². The van der Waals surface area contributed by atoms with Crippen LogP contribution < -0.4 is 0 Å². The summed E-state index contributed by atoms with van der Waals surface area (Å²) < 4.78 is 30.0. The molecular weight excluding hydrogens is 247 g/mol. The molecule has 0 heterocycles. The molecule has 0 saturated carbocycles. The summed E-state index contributed by atoms with van der Waals surface area (Å²) in [6, 6.07) is 0. The highest BCUT2D eigenvalue weighted by Crippen LogP contribution is 2.48. The molecule has 17 heavy (non-hydrogen) atoms. The molecule has 0 rings (SSSR count). The minimum atomic E-state index is -3.22. The summed E-state index contributed by atoms with van der Waals surface area (Å²) in [6.45, 7) is 9.37. The Labute approximate surface area is 103 Å². The van der Waals surface area contributed by atoms with Gasteiger partial charge in [0, 0.05) is 6.08 Å². The highest BCUT2D eigenvalue weighted by atomic mass is 31.2. The lowest BCUT2D eigenvalue weighted by Crippen LogP contribution is -1.99. The number of esters is 1. The Balaban J connectivity index is 0. The van der Waals surface area contributed by atoms with Crippen molar-refractivity contribution in [1.82, 2.24) is 0 Å². The number of methoxy groups -OCH3 is 1. The van der Waals surface area contributed by atoms with E-state index < -0.39 is 13.8 Å². The molecule has 0 aromatic carbocycles. The van der Waals surface area contributed by atoms with Crippen LogP contribution in [0.1, 0.15) is 20.8 Å². The first-order valence-corrected chi connectivity index (χ1v) is 6.69. The first-order valence-electron chi connectivity index (χ1n) is 5.23. The first kappa shape index (κ1) is 18.7. The van der Waals surface area contributed by atoms with Crippen LogP contribution in [0.4, 0.5) is 0 Å². The van der Waals surface area contributed by atoms with Crippen molar-refractivity contribution in [1.29, 1.82) is 0 Å². The van der Waals surface area contributed by atoms with E-state index in [-0.39, 0.29) is 0 Å². The maximum atomic E-state index is 11.3. The molecule has 0 fully saturated rings. The van der Waals surface area contributed by atoms with Crippen LogP contribution in [0.25, 0.3) is 0 Å². The Hall–Kier alpha value is -0.680. The molecule has 0 N–H and O–H groups in total. The van der Waals surface area contributed by atoms with Gasteiger partial charge in [0.15, 0.2) is 0 Å². The molecular formula is C10H21O6P. The van der Waals surface area contributed by atoms with Crippen LogP contribution in [0.15, 0.2) is 12.7 Å². The van der Waals surface area contributed by atoms with Crippen molar-refractivity contribution in [3.05, 3.63) is 12.7 Å². The topological polar surface area (TPSA) is 71.1 Å². The zero-order valence-corrected chi connectivity index (χ0v) is 11.7. The quantitative estimate of drug-likeness (QED) is 0.401. The van der Waals surface area contributed by atoms with E-state index in [1.807, 2.05) is 0 Å². The zero-order chi connectivity index (χ0) is 13.7. The minimum absolute atomic E-state index is 0.331. The summed E-state index contributed by atoms with van der Waals surface area (Å²) in [5.41, 5.74) is 0. The summed E-state index contributed by atoms with van der Waals surface area (Å²) >= 11 is 0. The Kier molecular flexibility index (Phi) is 13.0. The lowest BCUT2D eigenvalue weighted by molar-refractivity contribution is -0.134. The third-order valence-electron chi connectivity index (χ3n) is 1.23. The van der Waals surface area contributed by atoms with Crippen molar-refractivity contribution in [2.45, 2.75) is 20.8 Å². The third-order valence-corrected chi connectivity index (χ3v) is 2.95. The second-order valence-electron chi connectivity index (χ2n) is 2.43. The summed E-state index contributed by atoms with van der Waals surface area (Å²) in [5.74, 6) is -0.394. The summed E-state index contributed by atoms with van der Waals surface area (Å²) in [4.78, 5) is 9.84. The van der Waals surface area contributed by atoms with E-state index in [2.05, 4.69) is 11.3 Å². The molecule has 0 aliphatic rings. The Morgan fingerprint density at radius 1 is 1.12 bits per heavy atom. The smallest absolute Gasteiger partial charge is 0.466 e. The lowest BCUT2D eigenvalue weighted by Gasteiger charge is -2.14. The Morgan fingerprint density at radius 3 is 1.59 bits per heavy atom. The predicted octanol–water partition coefficient (Wildman–Crippen LogP) is 2.55. The predicted molar refractivity (Wildman–Crippen MR) is 64.7 cm³/mol. The summed E-state index contributed by atoms with van der Waals surface area (Å²) in [7, 11) is -1.91. The van der Waals surface area contributed by atoms with Crippen molar-refractivity contribution < 1.29 is 27.7 Å². The first-order chi connectivity index (χ1) is 7.99. The molecule has 0 aromatic heterocycles. The van der Waals surface area contributed by atoms with Crippen LogP contribution in [-0.4, -0.2) is 32.9 Å². The fraction of sp³-hybridized carbons (Fsp3) is 0.700. The van der Waals surface area contributed by atoms with Gasteiger partial charge in [-0.1, -0.05) is 6.58 Å². The number of phosphoric acid groups is 1. The number of phosphoric ester groups is 1. The van der Waals surface area contributed by atoms with Gasteiger partial charge in [-0.05, 0) is 20.8 Å². The maximum Gasteiger partial charge on any atom is 0.474 e. The molecule has 6 nitrogen and oxygen atoms in total. The van der Waals surface area contributed by atoms with Gasteiger partial charge in [0.1, 0.15) is 0 Å². The average Bonchev–Trinajstić information content (AvgIpc) is 2.29. The average molecular weight is 268 g/mol. The van der Waals surface area contributed by atoms with E-state index in [1.54, 1.807) is 20.8 Å². The standard InChI is InChI=1S/C6H15O4P.C4H6O2/c1-4-8-11(7,9-5-2)10-6-3;1-3-4(5)6-2/h4-6H2,1-3H3;3H,1H2,2H3. The van der Waals surface area contributed by atoms with E-state index in [4.69, 9.17) is 13.6 Å². The van der Waals surface area contributed by atoms with Gasteiger partial charge >= 0.3 is 13.8 Å². The molecule has 0 bridgehead atoms. The number of hydrogen-bond acceptors (Lipinski definition) is 6. The summed E-state index contributed by atoms with van der Waals surface area (Å²) in [6.07, 6.45) is 1.11. The molecule has 0 saturated heterocycles. The molecule has 0 amide bonds. The van der Waals surface area contributed by atoms with E-state index >= 15 is 0 Å². The largest absolute Gasteiger partial charge is 0.474 e. The second kappa shape index (κ2) is 11.8. The Morgan fingerprint density at radius 2 is 1.47 bits per heavy atom. The fourth-order valence-electron chi connectivity index (χ4n) is 0.669.